The van der Waals surface area contributed by atoms with E-state index in [1.54, 1.807) is 6.07 Å². The molecule has 1 saturated heterocycles. The molecule has 2 heterocycles. The minimum atomic E-state index is -5.72. The summed E-state index contributed by atoms with van der Waals surface area (Å²) in [4.78, 5) is 35.7. The van der Waals surface area contributed by atoms with Crippen LogP contribution in [0.4, 0.5) is 4.39 Å². The Morgan fingerprint density at radius 3 is 2.33 bits per heavy atom. The number of rotatable bonds is 8. The normalized spacial score (nSPS) is 27.4. The van der Waals surface area contributed by atoms with Crippen LogP contribution in [0.1, 0.15) is 6.23 Å². The predicted molar refractivity (Wildman–Crippen MR) is 108 cm³/mol. The molecule has 2 aromatic rings. The molecule has 14 nitrogen and oxygen atoms in total. The van der Waals surface area contributed by atoms with Crippen molar-refractivity contribution in [1.82, 2.24) is 4.57 Å². The third-order valence-corrected chi connectivity index (χ3v) is 8.56. The molecule has 6 atom stereocenters. The summed E-state index contributed by atoms with van der Waals surface area (Å²) in [7, 11) is -16.7. The lowest BCUT2D eigenvalue weighted by Gasteiger charge is -2.20. The maximum atomic E-state index is 13.6. The van der Waals surface area contributed by atoms with Crippen LogP contribution in [0.2, 0.25) is 0 Å². The van der Waals surface area contributed by atoms with E-state index in [1.807, 2.05) is 0 Å². The number of pyridine rings is 1. The average molecular weight is 551 g/mol. The molecule has 0 saturated carbocycles. The van der Waals surface area contributed by atoms with Gasteiger partial charge >= 0.3 is 23.5 Å². The standard InChI is InChI=1S/C14H17FNO13P3S/c15-8-2-1-7-3-4-16(14(33)9(7)5-8)13-12(18)11(17)10(27-13)6-26-31(22,23)29-32(24,25)28-30(19,20)21/h1-5,10-13,17-18H,6H2,(H,22,23)(H,24,25)(H2,19,20,21)/t10-,11-,12-,13-/m1/s1. The highest BCUT2D eigenvalue weighted by molar-refractivity contribution is 7.71. The maximum Gasteiger partial charge on any atom is 0.490 e. The zero-order chi connectivity index (χ0) is 24.8. The second-order valence-corrected chi connectivity index (χ2v) is 11.5. The first kappa shape index (κ1) is 26.7. The molecule has 0 radical (unpaired) electrons. The molecule has 33 heavy (non-hydrogen) atoms. The van der Waals surface area contributed by atoms with E-state index in [1.165, 1.54) is 29.0 Å². The Hall–Kier alpha value is -0.930. The van der Waals surface area contributed by atoms with E-state index in [4.69, 9.17) is 31.6 Å². The van der Waals surface area contributed by atoms with Gasteiger partial charge in [0, 0.05) is 11.6 Å². The quantitative estimate of drug-likeness (QED) is 0.203. The van der Waals surface area contributed by atoms with E-state index >= 15 is 0 Å². The number of halogens is 1. The maximum absolute atomic E-state index is 13.6. The Kier molecular flexibility index (Phi) is 7.77. The van der Waals surface area contributed by atoms with Gasteiger partial charge in [0.2, 0.25) is 0 Å². The summed E-state index contributed by atoms with van der Waals surface area (Å²) in [5.41, 5.74) is 0. The number of aliphatic hydroxyl groups is 2. The van der Waals surface area contributed by atoms with Gasteiger partial charge in [-0.2, -0.15) is 8.62 Å². The van der Waals surface area contributed by atoms with E-state index < -0.39 is 60.4 Å². The molecule has 1 fully saturated rings. The summed E-state index contributed by atoms with van der Waals surface area (Å²) in [5, 5.41) is 21.5. The van der Waals surface area contributed by atoms with Crippen molar-refractivity contribution in [2.45, 2.75) is 24.5 Å². The van der Waals surface area contributed by atoms with Crippen LogP contribution in [0.25, 0.3) is 10.8 Å². The first-order chi connectivity index (χ1) is 15.1. The Balaban J connectivity index is 1.74. The molecular formula is C14H17FNO13P3S. The van der Waals surface area contributed by atoms with Crippen molar-refractivity contribution in [3.63, 3.8) is 0 Å². The number of hydrogen-bond acceptors (Lipinski definition) is 10. The smallest absolute Gasteiger partial charge is 0.387 e. The molecular weight excluding hydrogens is 534 g/mol. The number of hydrogen-bond donors (Lipinski definition) is 6. The fourth-order valence-electron chi connectivity index (χ4n) is 2.99. The van der Waals surface area contributed by atoms with Gasteiger partial charge in [-0.1, -0.05) is 18.3 Å². The molecule has 6 N–H and O–H groups in total. The van der Waals surface area contributed by atoms with Crippen LogP contribution in [-0.2, 0) is 31.6 Å². The second-order valence-electron chi connectivity index (χ2n) is 6.69. The van der Waals surface area contributed by atoms with Gasteiger partial charge in [-0.15, -0.1) is 0 Å². The van der Waals surface area contributed by atoms with E-state index in [0.29, 0.717) is 10.8 Å². The van der Waals surface area contributed by atoms with Gasteiger partial charge in [0.05, 0.1) is 6.61 Å². The van der Waals surface area contributed by atoms with Crippen LogP contribution in [0.5, 0.6) is 0 Å². The number of aliphatic hydroxyl groups excluding tert-OH is 2. The largest absolute Gasteiger partial charge is 0.490 e. The third-order valence-electron chi connectivity index (χ3n) is 4.32. The van der Waals surface area contributed by atoms with Gasteiger partial charge < -0.3 is 39.1 Å². The monoisotopic (exact) mass is 551 g/mol. The molecule has 1 aromatic carbocycles. The Morgan fingerprint density at radius 1 is 1.03 bits per heavy atom. The topological polar surface area (TPSA) is 214 Å². The first-order valence-electron chi connectivity index (χ1n) is 8.69. The fraction of sp³-hybridized carbons (Fsp3) is 0.357. The highest BCUT2D eigenvalue weighted by Gasteiger charge is 2.46. The molecule has 0 spiro atoms. The van der Waals surface area contributed by atoms with Crippen molar-refractivity contribution in [3.8, 4) is 0 Å². The van der Waals surface area contributed by atoms with Crippen molar-refractivity contribution in [2.24, 2.45) is 0 Å². The van der Waals surface area contributed by atoms with E-state index in [0.717, 1.165) is 0 Å². The third kappa shape index (κ3) is 6.60. The average Bonchev–Trinajstić information content (AvgIpc) is 2.93. The molecule has 0 bridgehead atoms. The second kappa shape index (κ2) is 9.61. The van der Waals surface area contributed by atoms with Crippen LogP contribution in [-0.4, -0.2) is 59.3 Å². The zero-order valence-corrected chi connectivity index (χ0v) is 19.5. The Morgan fingerprint density at radius 2 is 1.70 bits per heavy atom. The van der Waals surface area contributed by atoms with Crippen LogP contribution in [0.15, 0.2) is 30.5 Å². The van der Waals surface area contributed by atoms with Crippen molar-refractivity contribution >= 4 is 46.5 Å². The summed E-state index contributed by atoms with van der Waals surface area (Å²) < 4.78 is 65.7. The first-order valence-corrected chi connectivity index (χ1v) is 13.6. The Bertz CT molecular complexity index is 1250. The zero-order valence-electron chi connectivity index (χ0n) is 16.0. The van der Waals surface area contributed by atoms with Gasteiger partial charge in [0.25, 0.3) is 0 Å². The van der Waals surface area contributed by atoms with Crippen LogP contribution < -0.4 is 0 Å². The van der Waals surface area contributed by atoms with Gasteiger partial charge in [-0.3, -0.25) is 4.52 Å². The lowest BCUT2D eigenvalue weighted by Crippen LogP contribution is -2.33. The molecule has 0 aliphatic carbocycles. The van der Waals surface area contributed by atoms with Gasteiger partial charge in [0.15, 0.2) is 6.23 Å². The summed E-state index contributed by atoms with van der Waals surface area (Å²) in [5.74, 6) is -0.562. The highest BCUT2D eigenvalue weighted by Crippen LogP contribution is 2.66. The van der Waals surface area contributed by atoms with Gasteiger partial charge in [0.1, 0.15) is 28.8 Å². The molecule has 184 valence electrons. The number of fused-ring (bicyclic) bond motifs is 1. The van der Waals surface area contributed by atoms with Crippen LogP contribution >= 0.6 is 35.7 Å². The number of benzene rings is 1. The minimum Gasteiger partial charge on any atom is -0.387 e. The van der Waals surface area contributed by atoms with E-state index in [9.17, 15) is 33.2 Å². The summed E-state index contributed by atoms with van der Waals surface area (Å²) in [6.07, 6.45) is -4.73. The van der Waals surface area contributed by atoms with Gasteiger partial charge in [-0.05, 0) is 23.6 Å². The van der Waals surface area contributed by atoms with E-state index in [2.05, 4.69) is 13.1 Å². The minimum absolute atomic E-state index is 0.0526. The number of phosphoric acid groups is 3. The lowest BCUT2D eigenvalue weighted by molar-refractivity contribution is -0.0525. The summed E-state index contributed by atoms with van der Waals surface area (Å²) >= 11 is 5.30. The number of phosphoric ester groups is 1. The SMILES string of the molecule is O=P(O)(O)OP(=O)(O)OP(=O)(O)OC[C@H]1O[C@@H](n2ccc3ccc(F)cc3c2=S)[C@H](O)[C@@H]1O. The van der Waals surface area contributed by atoms with Crippen molar-refractivity contribution in [3.05, 3.63) is 40.9 Å². The number of aromatic nitrogens is 1. The lowest BCUT2D eigenvalue weighted by atomic mass is 10.1. The van der Waals surface area contributed by atoms with Crippen LogP contribution in [0, 0.1) is 10.5 Å². The van der Waals surface area contributed by atoms with Crippen LogP contribution in [0.3, 0.4) is 0 Å². The fourth-order valence-corrected chi connectivity index (χ4v) is 6.37. The highest BCUT2D eigenvalue weighted by atomic mass is 32.1. The molecule has 3 rings (SSSR count). The molecule has 1 aliphatic rings. The van der Waals surface area contributed by atoms with Crippen molar-refractivity contribution < 1.29 is 65.8 Å². The van der Waals surface area contributed by atoms with Crippen molar-refractivity contribution in [2.75, 3.05) is 6.61 Å². The van der Waals surface area contributed by atoms with Crippen molar-refractivity contribution in [1.29, 1.82) is 0 Å². The molecule has 2 unspecified atom stereocenters. The number of nitrogens with zero attached hydrogens (tertiary/aromatic N) is 1. The molecule has 0 amide bonds. The number of ether oxygens (including phenoxy) is 1. The summed E-state index contributed by atoms with van der Waals surface area (Å²) in [6.45, 7) is -0.978. The predicted octanol–water partition coefficient (Wildman–Crippen LogP) is 1.47. The van der Waals surface area contributed by atoms with Gasteiger partial charge in [-0.25, -0.2) is 18.1 Å². The van der Waals surface area contributed by atoms with E-state index in [-0.39, 0.29) is 4.64 Å². The summed E-state index contributed by atoms with van der Waals surface area (Å²) in [6, 6.07) is 5.42. The molecule has 19 heteroatoms. The molecule has 1 aromatic heterocycles. The Labute approximate surface area is 189 Å². The molecule has 1 aliphatic heterocycles.